The Hall–Kier alpha value is -3.75. The third-order valence-corrected chi connectivity index (χ3v) is 6.16. The summed E-state index contributed by atoms with van der Waals surface area (Å²) >= 11 is 0. The number of benzene rings is 2. The Balaban J connectivity index is 1.95. The van der Waals surface area contributed by atoms with Gasteiger partial charge in [-0.2, -0.15) is 13.1 Å². The first-order valence-electron chi connectivity index (χ1n) is 10.7. The first-order chi connectivity index (χ1) is 17.4. The molecule has 9 nitrogen and oxygen atoms in total. The van der Waals surface area contributed by atoms with Gasteiger partial charge in [0.05, 0.1) is 23.5 Å². The molecule has 14 heteroatoms. The van der Waals surface area contributed by atoms with E-state index in [1.54, 1.807) is 6.92 Å². The van der Waals surface area contributed by atoms with E-state index in [0.29, 0.717) is 5.56 Å². The summed E-state index contributed by atoms with van der Waals surface area (Å²) in [5.41, 5.74) is 3.78. The second kappa shape index (κ2) is 11.5. The predicted molar refractivity (Wildman–Crippen MR) is 129 cm³/mol. The van der Waals surface area contributed by atoms with Crippen LogP contribution in [0.2, 0.25) is 0 Å². The quantitative estimate of drug-likeness (QED) is 0.217. The van der Waals surface area contributed by atoms with Crippen molar-refractivity contribution in [2.45, 2.75) is 13.3 Å². The largest absolute Gasteiger partial charge is 0.383 e. The zero-order chi connectivity index (χ0) is 27.3. The topological polar surface area (TPSA) is 135 Å². The molecule has 3 rings (SSSR count). The molecule has 0 saturated carbocycles. The van der Waals surface area contributed by atoms with Crippen molar-refractivity contribution in [3.63, 3.8) is 0 Å². The highest BCUT2D eigenvalue weighted by molar-refractivity contribution is 7.90. The first kappa shape index (κ1) is 27.8. The fourth-order valence-electron chi connectivity index (χ4n) is 3.32. The minimum Gasteiger partial charge on any atom is -0.383 e. The molecule has 0 spiro atoms. The molecule has 0 radical (unpaired) electrons. The number of primary amides is 1. The monoisotopic (exact) mass is 541 g/mol. The van der Waals surface area contributed by atoms with Crippen LogP contribution in [0, 0.1) is 30.2 Å². The van der Waals surface area contributed by atoms with E-state index < -0.39 is 68.4 Å². The van der Waals surface area contributed by atoms with Gasteiger partial charge in [-0.1, -0.05) is 6.07 Å². The molecule has 0 atom stereocenters. The SMILES string of the molecule is COCCNS(=O)(=O)Nc1nccc(Cc2cc(C(N)=O)c(Nc3ccc(C)cc3F)c(F)c2F)c1F. The first-order valence-corrected chi connectivity index (χ1v) is 12.2. The molecule has 2 aromatic carbocycles. The Labute approximate surface area is 210 Å². The molecular weight excluding hydrogens is 518 g/mol. The number of nitrogens with one attached hydrogen (secondary N) is 3. The number of hydrogen-bond donors (Lipinski definition) is 4. The maximum absolute atomic E-state index is 15.0. The molecule has 1 heterocycles. The number of rotatable bonds is 11. The number of carbonyl (C=O) groups is 1. The van der Waals surface area contributed by atoms with E-state index in [4.69, 9.17) is 10.5 Å². The van der Waals surface area contributed by atoms with Gasteiger partial charge in [0.25, 0.3) is 16.1 Å². The van der Waals surface area contributed by atoms with Crippen LogP contribution in [0.1, 0.15) is 27.0 Å². The van der Waals surface area contributed by atoms with Crippen LogP contribution in [0.3, 0.4) is 0 Å². The number of nitrogens with zero attached hydrogens (tertiary/aromatic N) is 1. The number of halogens is 4. The molecule has 0 bridgehead atoms. The predicted octanol–water partition coefficient (Wildman–Crippen LogP) is 3.27. The molecule has 0 saturated heterocycles. The summed E-state index contributed by atoms with van der Waals surface area (Å²) < 4.78 is 92.2. The average molecular weight is 542 g/mol. The molecule has 3 aromatic rings. The Bertz CT molecular complexity index is 1440. The Kier molecular flexibility index (Phi) is 8.68. The maximum atomic E-state index is 15.0. The fraction of sp³-hybridized carbons (Fsp3) is 0.217. The van der Waals surface area contributed by atoms with Gasteiger partial charge in [0.2, 0.25) is 0 Å². The van der Waals surface area contributed by atoms with Gasteiger partial charge in [-0.05, 0) is 47.9 Å². The zero-order valence-corrected chi connectivity index (χ0v) is 20.5. The van der Waals surface area contributed by atoms with E-state index in [1.807, 2.05) is 4.72 Å². The Morgan fingerprint density at radius 3 is 2.43 bits per heavy atom. The third-order valence-electron chi connectivity index (χ3n) is 5.11. The molecule has 37 heavy (non-hydrogen) atoms. The van der Waals surface area contributed by atoms with Crippen molar-refractivity contribution < 1.29 is 35.5 Å². The number of amides is 1. The molecular formula is C23H23F4N5O4S. The van der Waals surface area contributed by atoms with Crippen LogP contribution in [-0.2, 0) is 21.4 Å². The lowest BCUT2D eigenvalue weighted by Crippen LogP contribution is -2.33. The lowest BCUT2D eigenvalue weighted by atomic mass is 10.00. The smallest absolute Gasteiger partial charge is 0.300 e. The summed E-state index contributed by atoms with van der Waals surface area (Å²) in [5.74, 6) is -6.75. The molecule has 1 amide bonds. The van der Waals surface area contributed by atoms with Crippen LogP contribution < -0.4 is 20.5 Å². The molecule has 0 unspecified atom stereocenters. The number of nitrogens with two attached hydrogens (primary N) is 1. The van der Waals surface area contributed by atoms with Crippen LogP contribution in [0.15, 0.2) is 36.5 Å². The summed E-state index contributed by atoms with van der Waals surface area (Å²) in [6.45, 7) is 1.59. The number of anilines is 3. The number of hydrogen-bond acceptors (Lipinski definition) is 6. The molecule has 198 valence electrons. The van der Waals surface area contributed by atoms with Crippen LogP contribution in [0.4, 0.5) is 34.8 Å². The number of pyridine rings is 1. The molecule has 0 aliphatic carbocycles. The fourth-order valence-corrected chi connectivity index (χ4v) is 4.14. The maximum Gasteiger partial charge on any atom is 0.300 e. The van der Waals surface area contributed by atoms with Crippen molar-refractivity contribution in [2.75, 3.05) is 30.3 Å². The summed E-state index contributed by atoms with van der Waals surface area (Å²) in [7, 11) is -2.85. The standard InChI is InChI=1S/C23H23F4N5O4S/c1-12-3-4-17(16(24)9-12)31-21-15(22(28)33)11-14(18(25)20(21)27)10-13-5-6-29-23(19(13)26)32-37(34,35)30-7-8-36-2/h3-6,9,11,30-31H,7-8,10H2,1-2H3,(H2,28,33)(H,29,32). The van der Waals surface area contributed by atoms with Gasteiger partial charge in [0.1, 0.15) is 5.82 Å². The number of aryl methyl sites for hydroxylation is 1. The van der Waals surface area contributed by atoms with E-state index in [-0.39, 0.29) is 24.4 Å². The van der Waals surface area contributed by atoms with Gasteiger partial charge in [-0.3, -0.25) is 9.52 Å². The second-order valence-corrected chi connectivity index (χ2v) is 9.36. The highest BCUT2D eigenvalue weighted by Crippen LogP contribution is 2.31. The van der Waals surface area contributed by atoms with Gasteiger partial charge < -0.3 is 15.8 Å². The van der Waals surface area contributed by atoms with Gasteiger partial charge in [0.15, 0.2) is 23.3 Å². The average Bonchev–Trinajstić information content (AvgIpc) is 2.82. The van der Waals surface area contributed by atoms with E-state index >= 15 is 13.2 Å². The van der Waals surface area contributed by atoms with Gasteiger partial charge >= 0.3 is 0 Å². The minimum absolute atomic E-state index is 0.0608. The van der Waals surface area contributed by atoms with Crippen molar-refractivity contribution >= 4 is 33.3 Å². The lowest BCUT2D eigenvalue weighted by molar-refractivity contribution is 0.100. The summed E-state index contributed by atoms with van der Waals surface area (Å²) in [5, 5.41) is 2.35. The van der Waals surface area contributed by atoms with Gasteiger partial charge in [-0.15, -0.1) is 0 Å². The van der Waals surface area contributed by atoms with Crippen LogP contribution in [0.5, 0.6) is 0 Å². The van der Waals surface area contributed by atoms with Crippen LogP contribution in [-0.4, -0.2) is 39.6 Å². The number of ether oxygens (including phenoxy) is 1. The molecule has 5 N–H and O–H groups in total. The molecule has 0 aliphatic heterocycles. The molecule has 0 fully saturated rings. The summed E-state index contributed by atoms with van der Waals surface area (Å²) in [6.07, 6.45) is 0.465. The Morgan fingerprint density at radius 2 is 1.78 bits per heavy atom. The van der Waals surface area contributed by atoms with Crippen molar-refractivity contribution in [3.05, 3.63) is 82.1 Å². The van der Waals surface area contributed by atoms with Crippen molar-refractivity contribution in [3.8, 4) is 0 Å². The molecule has 0 aliphatic rings. The lowest BCUT2D eigenvalue weighted by Gasteiger charge is -2.16. The van der Waals surface area contributed by atoms with Gasteiger partial charge in [0, 0.05) is 26.3 Å². The highest BCUT2D eigenvalue weighted by Gasteiger charge is 2.24. The zero-order valence-electron chi connectivity index (χ0n) is 19.7. The number of carbonyl (C=O) groups excluding carboxylic acids is 1. The van der Waals surface area contributed by atoms with E-state index in [9.17, 15) is 17.6 Å². The summed E-state index contributed by atoms with van der Waals surface area (Å²) in [4.78, 5) is 15.7. The third kappa shape index (κ3) is 6.72. The highest BCUT2D eigenvalue weighted by atomic mass is 32.2. The minimum atomic E-state index is -4.21. The van der Waals surface area contributed by atoms with Crippen LogP contribution in [0.25, 0.3) is 0 Å². The normalized spacial score (nSPS) is 11.4. The van der Waals surface area contributed by atoms with Crippen molar-refractivity contribution in [2.24, 2.45) is 5.73 Å². The molecule has 1 aromatic heterocycles. The number of methoxy groups -OCH3 is 1. The van der Waals surface area contributed by atoms with Gasteiger partial charge in [-0.25, -0.2) is 22.5 Å². The Morgan fingerprint density at radius 1 is 1.05 bits per heavy atom. The van der Waals surface area contributed by atoms with Crippen molar-refractivity contribution in [1.82, 2.24) is 9.71 Å². The van der Waals surface area contributed by atoms with Crippen LogP contribution >= 0.6 is 0 Å². The van der Waals surface area contributed by atoms with E-state index in [1.165, 1.54) is 19.2 Å². The second-order valence-electron chi connectivity index (χ2n) is 7.86. The summed E-state index contributed by atoms with van der Waals surface area (Å²) in [6, 6.07) is 5.98. The van der Waals surface area contributed by atoms with Crippen molar-refractivity contribution in [1.29, 1.82) is 0 Å². The van der Waals surface area contributed by atoms with E-state index in [2.05, 4.69) is 15.0 Å². The van der Waals surface area contributed by atoms with E-state index in [0.717, 1.165) is 24.4 Å². The number of aromatic nitrogens is 1.